The highest BCUT2D eigenvalue weighted by Gasteiger charge is 2.43. The number of imide groups is 1. The first-order chi connectivity index (χ1) is 6.38. The van der Waals surface area contributed by atoms with Crippen molar-refractivity contribution in [2.45, 2.75) is 19.4 Å². The van der Waals surface area contributed by atoms with Crippen LogP contribution >= 0.6 is 0 Å². The molecule has 1 saturated heterocycles. The van der Waals surface area contributed by atoms with Crippen molar-refractivity contribution in [1.82, 2.24) is 10.2 Å². The Morgan fingerprint density at radius 1 is 1.57 bits per heavy atom. The Bertz CT molecular complexity index is 296. The Balaban J connectivity index is 2.76. The Kier molecular flexibility index (Phi) is 2.62. The van der Waals surface area contributed by atoms with Crippen LogP contribution in [0.5, 0.6) is 0 Å². The maximum atomic E-state index is 11.6. The molecule has 3 N–H and O–H groups in total. The number of carbonyl (C=O) groups is 2. The van der Waals surface area contributed by atoms with Crippen LogP contribution in [0.25, 0.3) is 0 Å². The van der Waals surface area contributed by atoms with Crippen LogP contribution < -0.4 is 11.1 Å². The zero-order valence-corrected chi connectivity index (χ0v) is 8.46. The highest BCUT2D eigenvalue weighted by molar-refractivity contribution is 6.06. The molecule has 0 aromatic rings. The van der Waals surface area contributed by atoms with Crippen LogP contribution in [0.1, 0.15) is 13.8 Å². The van der Waals surface area contributed by atoms with Crippen molar-refractivity contribution >= 4 is 11.9 Å². The van der Waals surface area contributed by atoms with Crippen molar-refractivity contribution in [3.05, 3.63) is 12.2 Å². The highest BCUT2D eigenvalue weighted by Crippen LogP contribution is 2.16. The van der Waals surface area contributed by atoms with Gasteiger partial charge in [-0.25, -0.2) is 4.79 Å². The summed E-state index contributed by atoms with van der Waals surface area (Å²) in [5, 5.41) is 2.58. The van der Waals surface area contributed by atoms with Gasteiger partial charge in [0, 0.05) is 6.54 Å². The molecule has 1 aliphatic heterocycles. The van der Waals surface area contributed by atoms with Gasteiger partial charge in [-0.05, 0) is 19.4 Å². The third-order valence-electron chi connectivity index (χ3n) is 2.11. The molecule has 0 unspecified atom stereocenters. The lowest BCUT2D eigenvalue weighted by molar-refractivity contribution is -0.129. The summed E-state index contributed by atoms with van der Waals surface area (Å²) in [5.74, 6) is -0.239. The maximum Gasteiger partial charge on any atom is 0.325 e. The first kappa shape index (κ1) is 10.7. The zero-order valence-electron chi connectivity index (χ0n) is 8.46. The van der Waals surface area contributed by atoms with Gasteiger partial charge >= 0.3 is 6.03 Å². The van der Waals surface area contributed by atoms with E-state index in [-0.39, 0.29) is 25.0 Å². The second-order valence-electron chi connectivity index (χ2n) is 3.90. The average Bonchev–Trinajstić information content (AvgIpc) is 2.28. The van der Waals surface area contributed by atoms with Gasteiger partial charge in [0.15, 0.2) is 0 Å². The molecule has 14 heavy (non-hydrogen) atoms. The quantitative estimate of drug-likeness (QED) is 0.487. The molecule has 0 bridgehead atoms. The summed E-state index contributed by atoms with van der Waals surface area (Å²) in [6, 6.07) is -0.380. The fourth-order valence-corrected chi connectivity index (χ4v) is 1.25. The fraction of sp³-hybridized carbons (Fsp3) is 0.556. The van der Waals surface area contributed by atoms with Crippen LogP contribution in [-0.4, -0.2) is 35.5 Å². The number of hydrogen-bond acceptors (Lipinski definition) is 3. The normalized spacial score (nSPS) is 19.8. The van der Waals surface area contributed by atoms with Crippen LogP contribution in [-0.2, 0) is 4.79 Å². The molecule has 5 nitrogen and oxygen atoms in total. The first-order valence-electron chi connectivity index (χ1n) is 4.39. The van der Waals surface area contributed by atoms with E-state index in [2.05, 4.69) is 11.9 Å². The number of amides is 3. The number of hydrogen-bond donors (Lipinski definition) is 2. The Morgan fingerprint density at radius 2 is 2.14 bits per heavy atom. The minimum absolute atomic E-state index is 0.199. The summed E-state index contributed by atoms with van der Waals surface area (Å²) in [6.07, 6.45) is 0. The van der Waals surface area contributed by atoms with E-state index in [0.717, 1.165) is 4.90 Å². The molecule has 1 aliphatic rings. The molecule has 1 rings (SSSR count). The Hall–Kier alpha value is -1.36. The number of carbonyl (C=O) groups excluding carboxylic acids is 2. The lowest BCUT2D eigenvalue weighted by Gasteiger charge is -2.16. The van der Waals surface area contributed by atoms with Crippen LogP contribution in [0, 0.1) is 0 Å². The van der Waals surface area contributed by atoms with E-state index in [1.165, 1.54) is 0 Å². The minimum Gasteiger partial charge on any atom is -0.327 e. The molecule has 5 heteroatoms. The Labute approximate surface area is 82.9 Å². The molecule has 0 radical (unpaired) electrons. The van der Waals surface area contributed by atoms with E-state index in [0.29, 0.717) is 5.57 Å². The third-order valence-corrected chi connectivity index (χ3v) is 2.11. The highest BCUT2D eigenvalue weighted by atomic mass is 16.2. The van der Waals surface area contributed by atoms with Crippen LogP contribution in [0.15, 0.2) is 12.2 Å². The molecule has 0 atom stereocenters. The molecule has 0 aromatic heterocycles. The lowest BCUT2D eigenvalue weighted by Crippen LogP contribution is -2.40. The second-order valence-corrected chi connectivity index (χ2v) is 3.90. The predicted octanol–water partition coefficient (Wildman–Crippen LogP) is -0.168. The van der Waals surface area contributed by atoms with Crippen molar-refractivity contribution in [3.63, 3.8) is 0 Å². The van der Waals surface area contributed by atoms with Crippen molar-refractivity contribution in [3.8, 4) is 0 Å². The monoisotopic (exact) mass is 197 g/mol. The van der Waals surface area contributed by atoms with Gasteiger partial charge in [-0.15, -0.1) is 0 Å². The summed E-state index contributed by atoms with van der Waals surface area (Å²) in [5.41, 5.74) is 5.18. The van der Waals surface area contributed by atoms with Gasteiger partial charge in [0.2, 0.25) is 0 Å². The largest absolute Gasteiger partial charge is 0.327 e. The third kappa shape index (κ3) is 1.77. The first-order valence-corrected chi connectivity index (χ1v) is 4.39. The molecule has 0 saturated carbocycles. The predicted molar refractivity (Wildman–Crippen MR) is 52.5 cm³/mol. The van der Waals surface area contributed by atoms with Crippen LogP contribution in [0.2, 0.25) is 0 Å². The summed E-state index contributed by atoms with van der Waals surface area (Å²) >= 11 is 0. The van der Waals surface area contributed by atoms with Gasteiger partial charge in [0.1, 0.15) is 5.54 Å². The van der Waals surface area contributed by atoms with Crippen molar-refractivity contribution in [2.24, 2.45) is 5.73 Å². The molecule has 78 valence electrons. The van der Waals surface area contributed by atoms with Gasteiger partial charge < -0.3 is 11.1 Å². The topological polar surface area (TPSA) is 75.4 Å². The summed E-state index contributed by atoms with van der Waals surface area (Å²) in [4.78, 5) is 24.1. The number of nitrogens with two attached hydrogens (primary N) is 1. The van der Waals surface area contributed by atoms with Crippen LogP contribution in [0.4, 0.5) is 4.79 Å². The number of rotatable bonds is 3. The summed E-state index contributed by atoms with van der Waals surface area (Å²) < 4.78 is 0. The zero-order chi connectivity index (χ0) is 10.9. The van der Waals surface area contributed by atoms with Gasteiger partial charge in [0.25, 0.3) is 5.91 Å². The molecule has 1 heterocycles. The van der Waals surface area contributed by atoms with Crippen molar-refractivity contribution in [1.29, 1.82) is 0 Å². The van der Waals surface area contributed by atoms with Gasteiger partial charge in [-0.3, -0.25) is 9.69 Å². The van der Waals surface area contributed by atoms with E-state index in [1.54, 1.807) is 13.8 Å². The van der Waals surface area contributed by atoms with Gasteiger partial charge in [-0.2, -0.15) is 0 Å². The smallest absolute Gasteiger partial charge is 0.325 e. The van der Waals surface area contributed by atoms with E-state index in [9.17, 15) is 9.59 Å². The van der Waals surface area contributed by atoms with E-state index in [1.807, 2.05) is 0 Å². The molecule has 3 amide bonds. The molecule has 1 fully saturated rings. The SMILES string of the molecule is C=C(CN)CN1C(=O)NC(C)(C)C1=O. The standard InChI is InChI=1S/C9H15N3O2/c1-6(4-10)5-12-7(13)9(2,3)11-8(12)14/h1,4-5,10H2,2-3H3,(H,11,14). The van der Waals surface area contributed by atoms with Crippen LogP contribution in [0.3, 0.4) is 0 Å². The maximum absolute atomic E-state index is 11.6. The van der Waals surface area contributed by atoms with Crippen molar-refractivity contribution in [2.75, 3.05) is 13.1 Å². The molecular weight excluding hydrogens is 182 g/mol. The summed E-state index contributed by atoms with van der Waals surface area (Å²) in [7, 11) is 0. The summed E-state index contributed by atoms with van der Waals surface area (Å²) in [6.45, 7) is 7.46. The van der Waals surface area contributed by atoms with Gasteiger partial charge in [-0.1, -0.05) is 6.58 Å². The second kappa shape index (κ2) is 3.42. The van der Waals surface area contributed by atoms with Gasteiger partial charge in [0.05, 0.1) is 6.54 Å². The Morgan fingerprint density at radius 3 is 2.50 bits per heavy atom. The fourth-order valence-electron chi connectivity index (χ4n) is 1.25. The molecule has 0 spiro atoms. The molecule has 0 aliphatic carbocycles. The van der Waals surface area contributed by atoms with E-state index < -0.39 is 5.54 Å². The van der Waals surface area contributed by atoms with E-state index >= 15 is 0 Å². The average molecular weight is 197 g/mol. The van der Waals surface area contributed by atoms with Crippen molar-refractivity contribution < 1.29 is 9.59 Å². The minimum atomic E-state index is -0.814. The van der Waals surface area contributed by atoms with E-state index in [4.69, 9.17) is 5.73 Å². The molecule has 0 aromatic carbocycles. The number of nitrogens with one attached hydrogen (secondary N) is 1. The number of nitrogens with zero attached hydrogens (tertiary/aromatic N) is 1. The molecular formula is C9H15N3O2. The number of urea groups is 1. The lowest BCUT2D eigenvalue weighted by atomic mass is 10.1.